The maximum Gasteiger partial charge on any atom is 0.159 e. The van der Waals surface area contributed by atoms with Crippen LogP contribution in [-0.4, -0.2) is 28.3 Å². The molecule has 24 heavy (non-hydrogen) atoms. The lowest BCUT2D eigenvalue weighted by Crippen LogP contribution is -2.07. The molecule has 0 unspecified atom stereocenters. The van der Waals surface area contributed by atoms with Gasteiger partial charge in [0.2, 0.25) is 0 Å². The number of anilines is 3. The molecule has 1 aliphatic heterocycles. The molecule has 6 nitrogen and oxygen atoms in total. The first kappa shape index (κ1) is 13.6. The number of nitrogens with one attached hydrogen (secondary N) is 2. The lowest BCUT2D eigenvalue weighted by atomic mass is 9.98. The molecule has 2 aromatic heterocycles. The highest BCUT2D eigenvalue weighted by molar-refractivity contribution is 5.72. The van der Waals surface area contributed by atoms with Crippen LogP contribution in [0.25, 0.3) is 5.65 Å². The highest BCUT2D eigenvalue weighted by Gasteiger charge is 2.51. The number of halogens is 1. The highest BCUT2D eigenvalue weighted by atomic mass is 19.1. The first-order valence-corrected chi connectivity index (χ1v) is 7.95. The minimum absolute atomic E-state index is 0.0346. The second-order valence-corrected chi connectivity index (χ2v) is 6.40. The number of ether oxygens (including phenoxy) is 1. The van der Waals surface area contributed by atoms with Gasteiger partial charge < -0.3 is 15.4 Å². The minimum Gasteiger partial charge on any atom is -0.490 e. The summed E-state index contributed by atoms with van der Waals surface area (Å²) < 4.78 is 21.7. The van der Waals surface area contributed by atoms with Crippen LogP contribution < -0.4 is 15.4 Å². The lowest BCUT2D eigenvalue weighted by molar-refractivity contribution is 0.325. The molecular weight excluding hydrogens is 309 g/mol. The van der Waals surface area contributed by atoms with Crippen LogP contribution in [0.1, 0.15) is 18.4 Å². The monoisotopic (exact) mass is 325 g/mol. The van der Waals surface area contributed by atoms with Crippen molar-refractivity contribution in [3.8, 4) is 5.75 Å². The summed E-state index contributed by atoms with van der Waals surface area (Å²) >= 11 is 0. The van der Waals surface area contributed by atoms with Crippen LogP contribution in [0.2, 0.25) is 0 Å². The molecule has 0 amide bonds. The number of fused-ring (bicyclic) bond motifs is 3. The van der Waals surface area contributed by atoms with Crippen LogP contribution in [0.3, 0.4) is 0 Å². The molecule has 1 aromatic carbocycles. The number of rotatable bonds is 3. The zero-order valence-corrected chi connectivity index (χ0v) is 13.1. The maximum atomic E-state index is 14.1. The number of hydrogen-bond donors (Lipinski definition) is 2. The smallest absolute Gasteiger partial charge is 0.159 e. The van der Waals surface area contributed by atoms with E-state index < -0.39 is 0 Å². The number of benzene rings is 1. The fourth-order valence-electron chi connectivity index (χ4n) is 3.38. The molecule has 0 radical (unpaired) electrons. The Labute approximate surface area is 137 Å². The van der Waals surface area contributed by atoms with Gasteiger partial charge in [0.1, 0.15) is 23.2 Å². The van der Waals surface area contributed by atoms with Gasteiger partial charge in [-0.2, -0.15) is 9.61 Å². The lowest BCUT2D eigenvalue weighted by Gasteiger charge is -2.13. The highest BCUT2D eigenvalue weighted by Crippen LogP contribution is 2.57. The summed E-state index contributed by atoms with van der Waals surface area (Å²) in [4.78, 5) is 4.52. The van der Waals surface area contributed by atoms with E-state index in [0.29, 0.717) is 23.8 Å². The SMILES string of the molecule is CNc1cc(Nc2cc(F)cc3c2OCC32CC2)nc2ccnn12. The molecule has 1 spiro atoms. The molecule has 0 bridgehead atoms. The molecule has 2 N–H and O–H groups in total. The van der Waals surface area contributed by atoms with Gasteiger partial charge in [0.05, 0.1) is 18.5 Å². The third-order valence-corrected chi connectivity index (χ3v) is 4.85. The molecule has 3 heterocycles. The Balaban J connectivity index is 1.59. The number of nitrogens with zero attached hydrogens (tertiary/aromatic N) is 3. The largest absolute Gasteiger partial charge is 0.490 e. The second kappa shape index (κ2) is 4.59. The van der Waals surface area contributed by atoms with E-state index in [1.165, 1.54) is 6.07 Å². The van der Waals surface area contributed by atoms with E-state index >= 15 is 0 Å². The average molecular weight is 325 g/mol. The van der Waals surface area contributed by atoms with Crippen molar-refractivity contribution >= 4 is 23.0 Å². The van der Waals surface area contributed by atoms with Gasteiger partial charge in [0.15, 0.2) is 5.65 Å². The Morgan fingerprint density at radius 2 is 2.17 bits per heavy atom. The van der Waals surface area contributed by atoms with Gasteiger partial charge in [0.25, 0.3) is 0 Å². The van der Waals surface area contributed by atoms with Gasteiger partial charge in [-0.15, -0.1) is 0 Å². The maximum absolute atomic E-state index is 14.1. The zero-order valence-electron chi connectivity index (χ0n) is 13.1. The summed E-state index contributed by atoms with van der Waals surface area (Å²) in [6.45, 7) is 0.636. The molecule has 0 atom stereocenters. The second-order valence-electron chi connectivity index (χ2n) is 6.40. The summed E-state index contributed by atoms with van der Waals surface area (Å²) in [6.07, 6.45) is 3.81. The van der Waals surface area contributed by atoms with Gasteiger partial charge in [-0.3, -0.25) is 0 Å². The van der Waals surface area contributed by atoms with Crippen LogP contribution in [0.5, 0.6) is 5.75 Å². The van der Waals surface area contributed by atoms with E-state index in [2.05, 4.69) is 20.7 Å². The van der Waals surface area contributed by atoms with Gasteiger partial charge in [-0.1, -0.05) is 0 Å². The Kier molecular flexibility index (Phi) is 2.60. The molecule has 1 fully saturated rings. The van der Waals surface area contributed by atoms with Gasteiger partial charge >= 0.3 is 0 Å². The van der Waals surface area contributed by atoms with Crippen molar-refractivity contribution in [1.29, 1.82) is 0 Å². The molecule has 5 rings (SSSR count). The molecule has 3 aromatic rings. The number of hydrogen-bond acceptors (Lipinski definition) is 5. The van der Waals surface area contributed by atoms with Crippen molar-refractivity contribution in [2.45, 2.75) is 18.3 Å². The first-order valence-electron chi connectivity index (χ1n) is 7.95. The topological polar surface area (TPSA) is 63.5 Å². The van der Waals surface area contributed by atoms with Crippen LogP contribution in [0, 0.1) is 5.82 Å². The first-order chi connectivity index (χ1) is 11.7. The van der Waals surface area contributed by atoms with E-state index in [1.807, 2.05) is 19.2 Å². The van der Waals surface area contributed by atoms with Crippen molar-refractivity contribution < 1.29 is 9.13 Å². The molecule has 1 aliphatic carbocycles. The fraction of sp³-hybridized carbons (Fsp3) is 0.294. The summed E-state index contributed by atoms with van der Waals surface area (Å²) in [7, 11) is 1.82. The molecule has 0 saturated heterocycles. The summed E-state index contributed by atoms with van der Waals surface area (Å²) in [5.41, 5.74) is 2.33. The molecule has 2 aliphatic rings. The van der Waals surface area contributed by atoms with Crippen LogP contribution in [0.15, 0.2) is 30.5 Å². The molecule has 122 valence electrons. The molecule has 7 heteroatoms. The summed E-state index contributed by atoms with van der Waals surface area (Å²) in [5, 5.41) is 10.5. The van der Waals surface area contributed by atoms with E-state index in [0.717, 1.165) is 30.0 Å². The van der Waals surface area contributed by atoms with Crippen molar-refractivity contribution in [2.75, 3.05) is 24.3 Å². The fourth-order valence-corrected chi connectivity index (χ4v) is 3.38. The van der Waals surface area contributed by atoms with Crippen LogP contribution >= 0.6 is 0 Å². The van der Waals surface area contributed by atoms with Crippen molar-refractivity contribution in [1.82, 2.24) is 14.6 Å². The van der Waals surface area contributed by atoms with Crippen molar-refractivity contribution in [2.24, 2.45) is 0 Å². The standard InChI is InChI=1S/C17H16FN5O/c1-19-15-8-13(22-14-2-5-20-23(14)15)21-12-7-10(18)6-11-16(12)24-9-17(11)3-4-17/h2,5-8,19H,3-4,9H2,1H3,(H,21,22). The predicted molar refractivity (Wildman–Crippen MR) is 88.6 cm³/mol. The minimum atomic E-state index is -0.257. The van der Waals surface area contributed by atoms with Gasteiger partial charge in [0, 0.05) is 36.2 Å². The summed E-state index contributed by atoms with van der Waals surface area (Å²) in [6, 6.07) is 6.71. The van der Waals surface area contributed by atoms with Crippen LogP contribution in [0.4, 0.5) is 21.7 Å². The zero-order chi connectivity index (χ0) is 16.3. The Bertz CT molecular complexity index is 963. The predicted octanol–water partition coefficient (Wildman–Crippen LogP) is 3.08. The molecule has 1 saturated carbocycles. The van der Waals surface area contributed by atoms with Gasteiger partial charge in [-0.05, 0) is 18.9 Å². The van der Waals surface area contributed by atoms with Crippen molar-refractivity contribution in [3.63, 3.8) is 0 Å². The van der Waals surface area contributed by atoms with Crippen LogP contribution in [-0.2, 0) is 5.41 Å². The van der Waals surface area contributed by atoms with E-state index in [1.54, 1.807) is 16.8 Å². The van der Waals surface area contributed by atoms with E-state index in [9.17, 15) is 4.39 Å². The van der Waals surface area contributed by atoms with Gasteiger partial charge in [-0.25, -0.2) is 9.37 Å². The quantitative estimate of drug-likeness (QED) is 0.775. The third-order valence-electron chi connectivity index (χ3n) is 4.85. The molecular formula is C17H16FN5O. The Morgan fingerprint density at radius 1 is 1.29 bits per heavy atom. The number of aromatic nitrogens is 3. The van der Waals surface area contributed by atoms with E-state index in [-0.39, 0.29) is 11.2 Å². The average Bonchev–Trinajstić information content (AvgIpc) is 3.04. The summed E-state index contributed by atoms with van der Waals surface area (Å²) in [5.74, 6) is 1.89. The van der Waals surface area contributed by atoms with Crippen molar-refractivity contribution in [3.05, 3.63) is 41.8 Å². The Hall–Kier alpha value is -2.83. The van der Waals surface area contributed by atoms with E-state index in [4.69, 9.17) is 4.74 Å². The normalized spacial score (nSPS) is 16.9. The third kappa shape index (κ3) is 1.87. The Morgan fingerprint density at radius 3 is 2.96 bits per heavy atom.